The van der Waals surface area contributed by atoms with E-state index in [1.807, 2.05) is 19.9 Å². The van der Waals surface area contributed by atoms with E-state index in [1.165, 1.54) is 6.08 Å². The SMILES string of the molecule is CCOC(=O)/C=C/CN1CCN(CC(C)(C)O)CC1. The minimum atomic E-state index is -0.633. The summed E-state index contributed by atoms with van der Waals surface area (Å²) in [6, 6.07) is 0. The van der Waals surface area contributed by atoms with E-state index in [9.17, 15) is 9.90 Å². The molecule has 5 nitrogen and oxygen atoms in total. The summed E-state index contributed by atoms with van der Waals surface area (Å²) in [6.45, 7) is 11.2. The van der Waals surface area contributed by atoms with E-state index in [1.54, 1.807) is 6.92 Å². The lowest BCUT2D eigenvalue weighted by Gasteiger charge is -2.36. The molecule has 0 radical (unpaired) electrons. The summed E-state index contributed by atoms with van der Waals surface area (Å²) >= 11 is 0. The predicted molar refractivity (Wildman–Crippen MR) is 75.0 cm³/mol. The molecule has 1 aliphatic rings. The second-order valence-corrected chi connectivity index (χ2v) is 5.54. The number of ether oxygens (including phenoxy) is 1. The second kappa shape index (κ2) is 7.62. The van der Waals surface area contributed by atoms with E-state index in [4.69, 9.17) is 4.74 Å². The first-order valence-electron chi connectivity index (χ1n) is 6.91. The van der Waals surface area contributed by atoms with Gasteiger partial charge in [-0.25, -0.2) is 4.79 Å². The third kappa shape index (κ3) is 7.30. The highest BCUT2D eigenvalue weighted by molar-refractivity contribution is 5.81. The zero-order valence-electron chi connectivity index (χ0n) is 12.3. The summed E-state index contributed by atoms with van der Waals surface area (Å²) in [7, 11) is 0. The number of piperazine rings is 1. The van der Waals surface area contributed by atoms with Crippen molar-refractivity contribution in [2.24, 2.45) is 0 Å². The first-order valence-corrected chi connectivity index (χ1v) is 6.91. The standard InChI is InChI=1S/C14H26N2O3/c1-4-19-13(17)6-5-7-15-8-10-16(11-9-15)12-14(2,3)18/h5-6,18H,4,7-12H2,1-3H3/b6-5+. The average molecular weight is 270 g/mol. The van der Waals surface area contributed by atoms with Crippen LogP contribution in [0, 0.1) is 0 Å². The molecule has 1 N–H and O–H groups in total. The number of aliphatic hydroxyl groups is 1. The topological polar surface area (TPSA) is 53.0 Å². The van der Waals surface area contributed by atoms with Gasteiger partial charge in [0.05, 0.1) is 12.2 Å². The Bertz CT molecular complexity index is 302. The molecule has 0 spiro atoms. The molecule has 0 unspecified atom stereocenters. The smallest absolute Gasteiger partial charge is 0.330 e. The third-order valence-corrected chi connectivity index (χ3v) is 2.98. The maximum absolute atomic E-state index is 11.1. The van der Waals surface area contributed by atoms with Crippen LogP contribution in [0.3, 0.4) is 0 Å². The lowest BCUT2D eigenvalue weighted by Crippen LogP contribution is -2.50. The van der Waals surface area contributed by atoms with Crippen LogP contribution in [-0.2, 0) is 9.53 Å². The number of carbonyl (C=O) groups excluding carboxylic acids is 1. The van der Waals surface area contributed by atoms with E-state index in [0.717, 1.165) is 32.7 Å². The van der Waals surface area contributed by atoms with Gasteiger partial charge in [0, 0.05) is 45.3 Å². The molecule has 1 saturated heterocycles. The summed E-state index contributed by atoms with van der Waals surface area (Å²) in [5.74, 6) is -0.275. The number of nitrogens with zero attached hydrogens (tertiary/aromatic N) is 2. The van der Waals surface area contributed by atoms with Crippen LogP contribution in [0.25, 0.3) is 0 Å². The lowest BCUT2D eigenvalue weighted by molar-refractivity contribution is -0.137. The van der Waals surface area contributed by atoms with Gasteiger partial charge in [0.25, 0.3) is 0 Å². The summed E-state index contributed by atoms with van der Waals surface area (Å²) in [5.41, 5.74) is -0.633. The Hall–Kier alpha value is -0.910. The number of carbonyl (C=O) groups is 1. The number of esters is 1. The Morgan fingerprint density at radius 1 is 1.26 bits per heavy atom. The van der Waals surface area contributed by atoms with Crippen molar-refractivity contribution in [2.45, 2.75) is 26.4 Å². The monoisotopic (exact) mass is 270 g/mol. The first-order chi connectivity index (χ1) is 8.90. The number of hydrogen-bond donors (Lipinski definition) is 1. The van der Waals surface area contributed by atoms with Gasteiger partial charge in [-0.2, -0.15) is 0 Å². The van der Waals surface area contributed by atoms with Gasteiger partial charge in [0.1, 0.15) is 0 Å². The second-order valence-electron chi connectivity index (χ2n) is 5.54. The van der Waals surface area contributed by atoms with E-state index >= 15 is 0 Å². The molecule has 0 aromatic carbocycles. The van der Waals surface area contributed by atoms with Crippen LogP contribution in [-0.4, -0.2) is 72.4 Å². The fourth-order valence-electron chi connectivity index (χ4n) is 2.17. The minimum absolute atomic E-state index is 0.275. The van der Waals surface area contributed by atoms with Gasteiger partial charge in [-0.05, 0) is 20.8 Å². The van der Waals surface area contributed by atoms with E-state index < -0.39 is 5.60 Å². The van der Waals surface area contributed by atoms with Crippen LogP contribution in [0.1, 0.15) is 20.8 Å². The van der Waals surface area contributed by atoms with Crippen molar-refractivity contribution in [3.05, 3.63) is 12.2 Å². The zero-order valence-corrected chi connectivity index (χ0v) is 12.3. The molecule has 0 amide bonds. The van der Waals surface area contributed by atoms with Gasteiger partial charge in [-0.15, -0.1) is 0 Å². The highest BCUT2D eigenvalue weighted by Gasteiger charge is 2.22. The summed E-state index contributed by atoms with van der Waals surface area (Å²) < 4.78 is 4.82. The van der Waals surface area contributed by atoms with Crippen LogP contribution >= 0.6 is 0 Å². The molecular weight excluding hydrogens is 244 g/mol. The number of β-amino-alcohol motifs (C(OH)–C–C–N with tert-alkyl or cyclic N) is 1. The Balaban J connectivity index is 2.21. The van der Waals surface area contributed by atoms with E-state index in [2.05, 4.69) is 9.80 Å². The molecule has 0 saturated carbocycles. The van der Waals surface area contributed by atoms with Crippen LogP contribution in [0.4, 0.5) is 0 Å². The van der Waals surface area contributed by atoms with Crippen molar-refractivity contribution in [3.8, 4) is 0 Å². The van der Waals surface area contributed by atoms with Crippen molar-refractivity contribution in [2.75, 3.05) is 45.9 Å². The quantitative estimate of drug-likeness (QED) is 0.562. The summed E-state index contributed by atoms with van der Waals surface area (Å²) in [5, 5.41) is 9.77. The molecule has 1 aliphatic heterocycles. The van der Waals surface area contributed by atoms with Crippen molar-refractivity contribution in [3.63, 3.8) is 0 Å². The highest BCUT2D eigenvalue weighted by atomic mass is 16.5. The fraction of sp³-hybridized carbons (Fsp3) is 0.786. The molecule has 0 aliphatic carbocycles. The molecule has 0 aromatic heterocycles. The van der Waals surface area contributed by atoms with E-state index in [0.29, 0.717) is 13.2 Å². The molecule has 0 aromatic rings. The van der Waals surface area contributed by atoms with Gasteiger partial charge in [0.2, 0.25) is 0 Å². The first kappa shape index (κ1) is 16.1. The van der Waals surface area contributed by atoms with Crippen LogP contribution in [0.5, 0.6) is 0 Å². The largest absolute Gasteiger partial charge is 0.463 e. The minimum Gasteiger partial charge on any atom is -0.463 e. The van der Waals surface area contributed by atoms with E-state index in [-0.39, 0.29) is 5.97 Å². The van der Waals surface area contributed by atoms with Crippen LogP contribution in [0.2, 0.25) is 0 Å². The third-order valence-electron chi connectivity index (χ3n) is 2.98. The fourth-order valence-corrected chi connectivity index (χ4v) is 2.17. The number of rotatable bonds is 6. The average Bonchev–Trinajstić information content (AvgIpc) is 2.30. The molecule has 1 fully saturated rings. The highest BCUT2D eigenvalue weighted by Crippen LogP contribution is 2.08. The molecule has 19 heavy (non-hydrogen) atoms. The Morgan fingerprint density at radius 3 is 2.37 bits per heavy atom. The zero-order chi connectivity index (χ0) is 14.3. The van der Waals surface area contributed by atoms with Crippen LogP contribution < -0.4 is 0 Å². The molecular formula is C14H26N2O3. The van der Waals surface area contributed by atoms with Gasteiger partial charge >= 0.3 is 5.97 Å². The maximum atomic E-state index is 11.1. The Morgan fingerprint density at radius 2 is 1.84 bits per heavy atom. The Kier molecular flexibility index (Phi) is 6.48. The van der Waals surface area contributed by atoms with Gasteiger partial charge in [-0.1, -0.05) is 6.08 Å². The Labute approximate surface area is 115 Å². The van der Waals surface area contributed by atoms with Crippen molar-refractivity contribution >= 4 is 5.97 Å². The number of hydrogen-bond acceptors (Lipinski definition) is 5. The van der Waals surface area contributed by atoms with Crippen molar-refractivity contribution < 1.29 is 14.6 Å². The van der Waals surface area contributed by atoms with Gasteiger partial charge in [0.15, 0.2) is 0 Å². The van der Waals surface area contributed by atoms with Crippen molar-refractivity contribution in [1.82, 2.24) is 9.80 Å². The molecule has 1 heterocycles. The molecule has 5 heteroatoms. The van der Waals surface area contributed by atoms with Gasteiger partial charge < -0.3 is 9.84 Å². The molecule has 1 rings (SSSR count). The molecule has 0 bridgehead atoms. The summed E-state index contributed by atoms with van der Waals surface area (Å²) in [4.78, 5) is 15.7. The lowest BCUT2D eigenvalue weighted by atomic mass is 10.1. The maximum Gasteiger partial charge on any atom is 0.330 e. The van der Waals surface area contributed by atoms with Gasteiger partial charge in [-0.3, -0.25) is 9.80 Å². The van der Waals surface area contributed by atoms with Crippen molar-refractivity contribution in [1.29, 1.82) is 0 Å². The normalized spacial score (nSPS) is 18.9. The molecule has 0 atom stereocenters. The molecule has 110 valence electrons. The van der Waals surface area contributed by atoms with Crippen LogP contribution in [0.15, 0.2) is 12.2 Å². The summed E-state index contributed by atoms with van der Waals surface area (Å²) in [6.07, 6.45) is 3.34. The predicted octanol–water partition coefficient (Wildman–Crippen LogP) is 0.494.